The maximum atomic E-state index is 12.2. The lowest BCUT2D eigenvalue weighted by Gasteiger charge is -2.29. The molecular formula is C13H24N2O3. The standard InChI is InChI=1S/C13H24N2O3/c1-9(2)11(14)7-12(16)15(8-13(17)18)10-5-3-4-6-10/h9-11H,3-8,14H2,1-2H3,(H,17,18). The van der Waals surface area contributed by atoms with Crippen LogP contribution in [0.4, 0.5) is 0 Å². The average Bonchev–Trinajstić information content (AvgIpc) is 2.78. The summed E-state index contributed by atoms with van der Waals surface area (Å²) in [5.41, 5.74) is 5.89. The number of carbonyl (C=O) groups excluding carboxylic acids is 1. The molecule has 0 bridgehead atoms. The Hall–Kier alpha value is -1.10. The fourth-order valence-corrected chi connectivity index (χ4v) is 2.34. The van der Waals surface area contributed by atoms with E-state index in [-0.39, 0.29) is 36.9 Å². The topological polar surface area (TPSA) is 83.6 Å². The lowest BCUT2D eigenvalue weighted by Crippen LogP contribution is -2.45. The minimum absolute atomic E-state index is 0.0907. The van der Waals surface area contributed by atoms with E-state index in [4.69, 9.17) is 10.8 Å². The van der Waals surface area contributed by atoms with Gasteiger partial charge in [0.15, 0.2) is 0 Å². The summed E-state index contributed by atoms with van der Waals surface area (Å²) in [5.74, 6) is -0.844. The first-order valence-electron chi connectivity index (χ1n) is 6.68. The number of rotatable bonds is 6. The lowest BCUT2D eigenvalue weighted by molar-refractivity contribution is -0.146. The van der Waals surface area contributed by atoms with Crippen molar-refractivity contribution in [2.45, 2.75) is 58.0 Å². The highest BCUT2D eigenvalue weighted by molar-refractivity contribution is 5.82. The van der Waals surface area contributed by atoms with Gasteiger partial charge in [0.2, 0.25) is 5.91 Å². The summed E-state index contributed by atoms with van der Waals surface area (Å²) < 4.78 is 0. The largest absolute Gasteiger partial charge is 0.480 e. The third-order valence-electron chi connectivity index (χ3n) is 3.66. The molecule has 0 aromatic carbocycles. The molecule has 0 aromatic heterocycles. The van der Waals surface area contributed by atoms with Crippen molar-refractivity contribution in [3.05, 3.63) is 0 Å². The number of aliphatic carboxylic acids is 1. The minimum atomic E-state index is -0.951. The van der Waals surface area contributed by atoms with Gasteiger partial charge in [0.05, 0.1) is 0 Å². The van der Waals surface area contributed by atoms with Gasteiger partial charge in [-0.2, -0.15) is 0 Å². The van der Waals surface area contributed by atoms with Crippen LogP contribution in [0, 0.1) is 5.92 Å². The van der Waals surface area contributed by atoms with Crippen molar-refractivity contribution in [3.63, 3.8) is 0 Å². The predicted molar refractivity (Wildman–Crippen MR) is 69.0 cm³/mol. The molecule has 3 N–H and O–H groups in total. The zero-order valence-electron chi connectivity index (χ0n) is 11.3. The van der Waals surface area contributed by atoms with E-state index in [9.17, 15) is 9.59 Å². The SMILES string of the molecule is CC(C)C(N)CC(=O)N(CC(=O)O)C1CCCC1. The lowest BCUT2D eigenvalue weighted by atomic mass is 10.0. The van der Waals surface area contributed by atoms with Crippen LogP contribution in [0.2, 0.25) is 0 Å². The molecule has 0 saturated heterocycles. The van der Waals surface area contributed by atoms with Gasteiger partial charge in [-0.15, -0.1) is 0 Å². The molecule has 0 heterocycles. The molecule has 1 aliphatic carbocycles. The van der Waals surface area contributed by atoms with E-state index in [1.54, 1.807) is 0 Å². The van der Waals surface area contributed by atoms with E-state index in [0.29, 0.717) is 0 Å². The Labute approximate surface area is 108 Å². The molecule has 1 saturated carbocycles. The summed E-state index contributed by atoms with van der Waals surface area (Å²) in [5, 5.41) is 8.91. The Bertz CT molecular complexity index is 299. The monoisotopic (exact) mass is 256 g/mol. The fraction of sp³-hybridized carbons (Fsp3) is 0.846. The van der Waals surface area contributed by atoms with Crippen LogP contribution in [0.1, 0.15) is 46.0 Å². The van der Waals surface area contributed by atoms with Crippen molar-refractivity contribution in [1.82, 2.24) is 4.90 Å². The summed E-state index contributed by atoms with van der Waals surface area (Å²) in [4.78, 5) is 24.5. The highest BCUT2D eigenvalue weighted by Gasteiger charge is 2.29. The molecule has 0 spiro atoms. The van der Waals surface area contributed by atoms with Gasteiger partial charge in [-0.05, 0) is 18.8 Å². The molecular weight excluding hydrogens is 232 g/mol. The van der Waals surface area contributed by atoms with Gasteiger partial charge in [0, 0.05) is 18.5 Å². The van der Waals surface area contributed by atoms with Crippen molar-refractivity contribution in [3.8, 4) is 0 Å². The Kier molecular flexibility index (Phi) is 5.59. The van der Waals surface area contributed by atoms with Crippen LogP contribution in [-0.2, 0) is 9.59 Å². The van der Waals surface area contributed by atoms with E-state index in [0.717, 1.165) is 25.7 Å². The van der Waals surface area contributed by atoms with E-state index in [1.165, 1.54) is 4.90 Å². The number of carboxylic acids is 1. The molecule has 5 nitrogen and oxygen atoms in total. The third-order valence-corrected chi connectivity index (χ3v) is 3.66. The van der Waals surface area contributed by atoms with Crippen molar-refractivity contribution >= 4 is 11.9 Å². The van der Waals surface area contributed by atoms with Crippen molar-refractivity contribution in [2.75, 3.05) is 6.54 Å². The summed E-state index contributed by atoms with van der Waals surface area (Å²) in [6.07, 6.45) is 4.21. The van der Waals surface area contributed by atoms with Gasteiger partial charge in [-0.3, -0.25) is 9.59 Å². The van der Waals surface area contributed by atoms with Crippen LogP contribution in [0.25, 0.3) is 0 Å². The molecule has 0 radical (unpaired) electrons. The number of nitrogens with zero attached hydrogens (tertiary/aromatic N) is 1. The van der Waals surface area contributed by atoms with Crippen LogP contribution in [0.3, 0.4) is 0 Å². The molecule has 1 fully saturated rings. The van der Waals surface area contributed by atoms with E-state index in [2.05, 4.69) is 0 Å². The quantitative estimate of drug-likeness (QED) is 0.748. The molecule has 1 amide bonds. The van der Waals surface area contributed by atoms with Crippen LogP contribution in [0.15, 0.2) is 0 Å². The highest BCUT2D eigenvalue weighted by atomic mass is 16.4. The van der Waals surface area contributed by atoms with Gasteiger partial charge in [-0.25, -0.2) is 0 Å². The second kappa shape index (κ2) is 6.73. The second-order valence-corrected chi connectivity index (χ2v) is 5.47. The summed E-state index contributed by atoms with van der Waals surface area (Å²) in [6.45, 7) is 3.73. The van der Waals surface area contributed by atoms with Crippen LogP contribution >= 0.6 is 0 Å². The first-order valence-corrected chi connectivity index (χ1v) is 6.68. The normalized spacial score (nSPS) is 18.0. The minimum Gasteiger partial charge on any atom is -0.480 e. The zero-order chi connectivity index (χ0) is 13.7. The number of amides is 1. The third kappa shape index (κ3) is 4.29. The van der Waals surface area contributed by atoms with Gasteiger partial charge < -0.3 is 15.7 Å². The van der Waals surface area contributed by atoms with Gasteiger partial charge in [-0.1, -0.05) is 26.7 Å². The molecule has 0 aliphatic heterocycles. The first kappa shape index (κ1) is 15.0. The average molecular weight is 256 g/mol. The van der Waals surface area contributed by atoms with E-state index in [1.807, 2.05) is 13.8 Å². The van der Waals surface area contributed by atoms with Crippen molar-refractivity contribution < 1.29 is 14.7 Å². The first-order chi connectivity index (χ1) is 8.41. The number of nitrogens with two attached hydrogens (primary N) is 1. The molecule has 18 heavy (non-hydrogen) atoms. The molecule has 1 atom stereocenters. The summed E-state index contributed by atoms with van der Waals surface area (Å²) >= 11 is 0. The van der Waals surface area contributed by atoms with Crippen LogP contribution < -0.4 is 5.73 Å². The smallest absolute Gasteiger partial charge is 0.323 e. The number of carbonyl (C=O) groups is 2. The van der Waals surface area contributed by atoms with Gasteiger partial charge in [0.1, 0.15) is 6.54 Å². The zero-order valence-corrected chi connectivity index (χ0v) is 11.3. The van der Waals surface area contributed by atoms with Crippen molar-refractivity contribution in [1.29, 1.82) is 0 Å². The Morgan fingerprint density at radius 1 is 1.33 bits per heavy atom. The summed E-state index contributed by atoms with van der Waals surface area (Å²) in [6, 6.07) is -0.108. The van der Waals surface area contributed by atoms with Crippen LogP contribution in [0.5, 0.6) is 0 Å². The predicted octanol–water partition coefficient (Wildman–Crippen LogP) is 1.22. The number of hydrogen-bond acceptors (Lipinski definition) is 3. The molecule has 1 unspecified atom stereocenters. The highest BCUT2D eigenvalue weighted by Crippen LogP contribution is 2.24. The maximum absolute atomic E-state index is 12.2. The maximum Gasteiger partial charge on any atom is 0.323 e. The Morgan fingerprint density at radius 3 is 2.33 bits per heavy atom. The molecule has 1 aliphatic rings. The summed E-state index contributed by atoms with van der Waals surface area (Å²) in [7, 11) is 0. The van der Waals surface area contributed by atoms with Crippen LogP contribution in [-0.4, -0.2) is 40.5 Å². The Morgan fingerprint density at radius 2 is 1.89 bits per heavy atom. The van der Waals surface area contributed by atoms with E-state index >= 15 is 0 Å². The second-order valence-electron chi connectivity index (χ2n) is 5.47. The van der Waals surface area contributed by atoms with Crippen molar-refractivity contribution in [2.24, 2.45) is 11.7 Å². The molecule has 0 aromatic rings. The number of carboxylic acid groups (broad SMARTS) is 1. The Balaban J connectivity index is 2.63. The van der Waals surface area contributed by atoms with E-state index < -0.39 is 5.97 Å². The fourth-order valence-electron chi connectivity index (χ4n) is 2.34. The molecule has 104 valence electrons. The number of hydrogen-bond donors (Lipinski definition) is 2. The molecule has 1 rings (SSSR count). The van der Waals surface area contributed by atoms with Gasteiger partial charge in [0.25, 0.3) is 0 Å². The molecule has 5 heteroatoms. The van der Waals surface area contributed by atoms with Gasteiger partial charge >= 0.3 is 5.97 Å².